The Kier molecular flexibility index (Phi) is 4.93. The number of rotatable bonds is 6. The van der Waals surface area contributed by atoms with Crippen LogP contribution >= 0.6 is 11.3 Å². The zero-order valence-corrected chi connectivity index (χ0v) is 11.6. The van der Waals surface area contributed by atoms with Crippen LogP contribution in [-0.2, 0) is 13.1 Å². The van der Waals surface area contributed by atoms with Crippen LogP contribution < -0.4 is 5.73 Å². The number of thiophene rings is 1. The van der Waals surface area contributed by atoms with Crippen molar-refractivity contribution in [3.63, 3.8) is 0 Å². The van der Waals surface area contributed by atoms with Crippen LogP contribution in [0.3, 0.4) is 0 Å². The van der Waals surface area contributed by atoms with Crippen LogP contribution in [-0.4, -0.2) is 18.0 Å². The molecule has 0 saturated carbocycles. The molecular formula is C15H20N2S. The summed E-state index contributed by atoms with van der Waals surface area (Å²) in [6.07, 6.45) is 0. The average molecular weight is 260 g/mol. The normalized spacial score (nSPS) is 11.1. The van der Waals surface area contributed by atoms with Crippen LogP contribution in [0.5, 0.6) is 0 Å². The summed E-state index contributed by atoms with van der Waals surface area (Å²) in [5.41, 5.74) is 7.05. The summed E-state index contributed by atoms with van der Waals surface area (Å²) in [5, 5.41) is 0. The highest BCUT2D eigenvalue weighted by Gasteiger charge is 2.07. The number of benzene rings is 1. The highest BCUT2D eigenvalue weighted by Crippen LogP contribution is 2.18. The fourth-order valence-electron chi connectivity index (χ4n) is 2.03. The Bertz CT molecular complexity index is 464. The molecule has 0 radical (unpaired) electrons. The van der Waals surface area contributed by atoms with Gasteiger partial charge in [-0.1, -0.05) is 30.3 Å². The molecule has 3 heteroatoms. The molecule has 0 saturated heterocycles. The number of aryl methyl sites for hydroxylation is 1. The quantitative estimate of drug-likeness (QED) is 0.865. The first-order valence-corrected chi connectivity index (χ1v) is 7.11. The molecule has 0 unspecified atom stereocenters. The van der Waals surface area contributed by atoms with Gasteiger partial charge in [-0.15, -0.1) is 11.3 Å². The third-order valence-corrected chi connectivity index (χ3v) is 3.86. The second-order valence-electron chi connectivity index (χ2n) is 4.50. The molecule has 1 aromatic heterocycles. The fourth-order valence-corrected chi connectivity index (χ4v) is 2.96. The van der Waals surface area contributed by atoms with Gasteiger partial charge in [-0.05, 0) is 24.6 Å². The lowest BCUT2D eigenvalue weighted by Crippen LogP contribution is -2.28. The van der Waals surface area contributed by atoms with Crippen LogP contribution in [0.4, 0.5) is 0 Å². The standard InChI is InChI=1S/C15H20N2S/c1-13-7-8-15(18-13)12-17(10-9-16)11-14-5-3-2-4-6-14/h2-8H,9-12,16H2,1H3. The Labute approximate surface area is 113 Å². The summed E-state index contributed by atoms with van der Waals surface area (Å²) in [5.74, 6) is 0. The van der Waals surface area contributed by atoms with Crippen LogP contribution in [0, 0.1) is 6.92 Å². The van der Waals surface area contributed by atoms with Gasteiger partial charge in [0.1, 0.15) is 0 Å². The molecule has 2 aromatic rings. The van der Waals surface area contributed by atoms with Crippen LogP contribution in [0.2, 0.25) is 0 Å². The maximum Gasteiger partial charge on any atom is 0.0332 e. The van der Waals surface area contributed by atoms with Gasteiger partial charge in [0.2, 0.25) is 0 Å². The van der Waals surface area contributed by atoms with Crippen LogP contribution in [0.25, 0.3) is 0 Å². The molecule has 1 aromatic carbocycles. The van der Waals surface area contributed by atoms with Gasteiger partial charge in [-0.3, -0.25) is 4.90 Å². The van der Waals surface area contributed by atoms with Crippen LogP contribution in [0.15, 0.2) is 42.5 Å². The summed E-state index contributed by atoms with van der Waals surface area (Å²) in [7, 11) is 0. The number of hydrogen-bond acceptors (Lipinski definition) is 3. The molecule has 0 aliphatic rings. The second kappa shape index (κ2) is 6.69. The van der Waals surface area contributed by atoms with Crippen molar-refractivity contribution in [1.29, 1.82) is 0 Å². The number of hydrogen-bond donors (Lipinski definition) is 1. The SMILES string of the molecule is Cc1ccc(CN(CCN)Cc2ccccc2)s1. The van der Waals surface area contributed by atoms with Crippen molar-refractivity contribution in [2.45, 2.75) is 20.0 Å². The molecule has 0 bridgehead atoms. The first kappa shape index (κ1) is 13.3. The van der Waals surface area contributed by atoms with Gasteiger partial charge in [0, 0.05) is 35.9 Å². The maximum absolute atomic E-state index is 5.70. The Morgan fingerprint density at radius 3 is 2.44 bits per heavy atom. The van der Waals surface area contributed by atoms with E-state index in [4.69, 9.17) is 5.73 Å². The highest BCUT2D eigenvalue weighted by molar-refractivity contribution is 7.11. The van der Waals surface area contributed by atoms with Gasteiger partial charge in [0.25, 0.3) is 0 Å². The zero-order valence-electron chi connectivity index (χ0n) is 10.8. The lowest BCUT2D eigenvalue weighted by molar-refractivity contribution is 0.267. The summed E-state index contributed by atoms with van der Waals surface area (Å²) >= 11 is 1.87. The molecule has 0 amide bonds. The van der Waals surface area contributed by atoms with Crippen molar-refractivity contribution in [1.82, 2.24) is 4.90 Å². The van der Waals surface area contributed by atoms with Gasteiger partial charge >= 0.3 is 0 Å². The predicted molar refractivity (Wildman–Crippen MR) is 78.7 cm³/mol. The van der Waals surface area contributed by atoms with Gasteiger partial charge in [0.05, 0.1) is 0 Å². The van der Waals surface area contributed by atoms with E-state index in [9.17, 15) is 0 Å². The van der Waals surface area contributed by atoms with E-state index in [0.717, 1.165) is 19.6 Å². The molecule has 96 valence electrons. The van der Waals surface area contributed by atoms with Crippen molar-refractivity contribution < 1.29 is 0 Å². The zero-order chi connectivity index (χ0) is 12.8. The summed E-state index contributed by atoms with van der Waals surface area (Å²) in [6.45, 7) is 5.75. The van der Waals surface area contributed by atoms with Crippen molar-refractivity contribution in [3.8, 4) is 0 Å². The summed E-state index contributed by atoms with van der Waals surface area (Å²) < 4.78 is 0. The molecule has 2 N–H and O–H groups in total. The Morgan fingerprint density at radius 1 is 1.06 bits per heavy atom. The van der Waals surface area contributed by atoms with Gasteiger partial charge in [-0.2, -0.15) is 0 Å². The first-order chi connectivity index (χ1) is 8.78. The third kappa shape index (κ3) is 3.95. The Morgan fingerprint density at radius 2 is 1.83 bits per heavy atom. The summed E-state index contributed by atoms with van der Waals surface area (Å²) in [4.78, 5) is 5.19. The first-order valence-electron chi connectivity index (χ1n) is 6.29. The van der Waals surface area contributed by atoms with Crippen molar-refractivity contribution >= 4 is 11.3 Å². The largest absolute Gasteiger partial charge is 0.329 e. The minimum absolute atomic E-state index is 0.706. The molecular weight excluding hydrogens is 240 g/mol. The van der Waals surface area contributed by atoms with Gasteiger partial charge in [-0.25, -0.2) is 0 Å². The van der Waals surface area contributed by atoms with E-state index in [-0.39, 0.29) is 0 Å². The smallest absolute Gasteiger partial charge is 0.0332 e. The molecule has 0 fully saturated rings. The fraction of sp³-hybridized carbons (Fsp3) is 0.333. The molecule has 0 aliphatic carbocycles. The molecule has 0 spiro atoms. The summed E-state index contributed by atoms with van der Waals surface area (Å²) in [6, 6.07) is 15.0. The topological polar surface area (TPSA) is 29.3 Å². The third-order valence-electron chi connectivity index (χ3n) is 2.87. The molecule has 0 aliphatic heterocycles. The van der Waals surface area contributed by atoms with E-state index in [0.29, 0.717) is 6.54 Å². The Hall–Kier alpha value is -1.16. The van der Waals surface area contributed by atoms with E-state index in [2.05, 4.69) is 54.3 Å². The Balaban J connectivity index is 1.99. The van der Waals surface area contributed by atoms with E-state index in [1.165, 1.54) is 15.3 Å². The van der Waals surface area contributed by atoms with E-state index in [1.807, 2.05) is 11.3 Å². The minimum Gasteiger partial charge on any atom is -0.329 e. The van der Waals surface area contributed by atoms with E-state index >= 15 is 0 Å². The molecule has 0 atom stereocenters. The van der Waals surface area contributed by atoms with Crippen LogP contribution in [0.1, 0.15) is 15.3 Å². The van der Waals surface area contributed by atoms with Gasteiger partial charge in [0.15, 0.2) is 0 Å². The second-order valence-corrected chi connectivity index (χ2v) is 5.87. The number of nitrogens with zero attached hydrogens (tertiary/aromatic N) is 1. The molecule has 1 heterocycles. The van der Waals surface area contributed by atoms with Crippen molar-refractivity contribution in [3.05, 3.63) is 57.8 Å². The number of nitrogens with two attached hydrogens (primary N) is 1. The molecule has 18 heavy (non-hydrogen) atoms. The van der Waals surface area contributed by atoms with E-state index < -0.39 is 0 Å². The lowest BCUT2D eigenvalue weighted by atomic mass is 10.2. The lowest BCUT2D eigenvalue weighted by Gasteiger charge is -2.20. The highest BCUT2D eigenvalue weighted by atomic mass is 32.1. The monoisotopic (exact) mass is 260 g/mol. The molecule has 2 nitrogen and oxygen atoms in total. The average Bonchev–Trinajstić information content (AvgIpc) is 2.76. The maximum atomic E-state index is 5.70. The van der Waals surface area contributed by atoms with Gasteiger partial charge < -0.3 is 5.73 Å². The van der Waals surface area contributed by atoms with Crippen molar-refractivity contribution in [2.75, 3.05) is 13.1 Å². The van der Waals surface area contributed by atoms with Crippen molar-refractivity contribution in [2.24, 2.45) is 5.73 Å². The predicted octanol–water partition coefficient (Wildman–Crippen LogP) is 3.02. The molecule has 2 rings (SSSR count). The minimum atomic E-state index is 0.706. The van der Waals surface area contributed by atoms with E-state index in [1.54, 1.807) is 0 Å².